The number of benzene rings is 2. The van der Waals surface area contributed by atoms with E-state index in [0.29, 0.717) is 36.0 Å². The summed E-state index contributed by atoms with van der Waals surface area (Å²) in [5, 5.41) is 13.0. The van der Waals surface area contributed by atoms with Crippen LogP contribution in [0.25, 0.3) is 0 Å². The van der Waals surface area contributed by atoms with Gasteiger partial charge in [-0.3, -0.25) is 4.79 Å². The van der Waals surface area contributed by atoms with E-state index in [9.17, 15) is 18.5 Å². The molecule has 2 fully saturated rings. The third kappa shape index (κ3) is 6.47. The van der Waals surface area contributed by atoms with Crippen molar-refractivity contribution >= 4 is 50.5 Å². The highest BCUT2D eigenvalue weighted by atomic mass is 35.5. The molecule has 0 radical (unpaired) electrons. The Kier molecular flexibility index (Phi) is 9.29. The fourth-order valence-corrected chi connectivity index (χ4v) is 7.89. The van der Waals surface area contributed by atoms with Gasteiger partial charge < -0.3 is 15.0 Å². The number of hydrogen-bond donors (Lipinski definition) is 1. The van der Waals surface area contributed by atoms with Crippen LogP contribution in [0.1, 0.15) is 38.2 Å². The largest absolute Gasteiger partial charge is 0.373 e. The third-order valence-electron chi connectivity index (χ3n) is 7.55. The van der Waals surface area contributed by atoms with Gasteiger partial charge in [0.2, 0.25) is 5.91 Å². The molecule has 1 unspecified atom stereocenters. The van der Waals surface area contributed by atoms with Crippen molar-refractivity contribution in [1.82, 2.24) is 10.2 Å². The molecule has 2 aromatic carbocycles. The number of carbonyl (C=O) groups is 1. The Morgan fingerprint density at radius 1 is 1.11 bits per heavy atom. The minimum Gasteiger partial charge on any atom is -0.373 e. The van der Waals surface area contributed by atoms with Crippen LogP contribution in [0.4, 0.5) is 0 Å². The van der Waals surface area contributed by atoms with Crippen molar-refractivity contribution in [3.63, 3.8) is 0 Å². The standard InChI is InChI=1S/C27H30Cl3N3O4S/c1-2-33-11-9-27(17-31,10-12-33)32-26(34)22-14-21(38(35,36)25-8-7-20(29)13-23(25)30)15-24(22)37-16-18-3-5-19(28)6-4-18/h3-8,13,21-22,24H,2,9-12,14-16H2,1H3,(H,32,34)/t21?,22-,24-/m0/s1. The van der Waals surface area contributed by atoms with Crippen molar-refractivity contribution in [2.75, 3.05) is 19.6 Å². The van der Waals surface area contributed by atoms with E-state index in [0.717, 1.165) is 12.1 Å². The van der Waals surface area contributed by atoms with Gasteiger partial charge in [0.1, 0.15) is 5.54 Å². The van der Waals surface area contributed by atoms with Gasteiger partial charge in [-0.1, -0.05) is 53.9 Å². The SMILES string of the molecule is CCN1CCC(C#N)(NC(=O)[C@H]2CC(S(=O)(=O)c3ccc(Cl)cc3Cl)C[C@@H]2OCc2ccc(Cl)cc2)CC1. The maximum atomic E-state index is 13.6. The Balaban J connectivity index is 1.56. The van der Waals surface area contributed by atoms with Gasteiger partial charge in [-0.2, -0.15) is 5.26 Å². The Hall–Kier alpha value is -1.86. The summed E-state index contributed by atoms with van der Waals surface area (Å²) in [5.74, 6) is -1.11. The number of nitrogens with one attached hydrogen (secondary N) is 1. The first-order chi connectivity index (χ1) is 18.1. The summed E-state index contributed by atoms with van der Waals surface area (Å²) in [6.07, 6.45) is 0.530. The summed E-state index contributed by atoms with van der Waals surface area (Å²) in [7, 11) is -3.88. The summed E-state index contributed by atoms with van der Waals surface area (Å²) in [4.78, 5) is 15.8. The Morgan fingerprint density at radius 2 is 1.76 bits per heavy atom. The first-order valence-electron chi connectivity index (χ1n) is 12.6. The number of rotatable bonds is 8. The molecule has 4 rings (SSSR count). The van der Waals surface area contributed by atoms with Gasteiger partial charge in [0.05, 0.1) is 39.9 Å². The molecule has 0 aromatic heterocycles. The van der Waals surface area contributed by atoms with Gasteiger partial charge in [0, 0.05) is 23.1 Å². The zero-order valence-corrected chi connectivity index (χ0v) is 24.1. The van der Waals surface area contributed by atoms with Gasteiger partial charge in [-0.05, 0) is 68.1 Å². The van der Waals surface area contributed by atoms with Crippen LogP contribution in [0.2, 0.25) is 15.1 Å². The van der Waals surface area contributed by atoms with Crippen molar-refractivity contribution in [2.24, 2.45) is 5.92 Å². The number of piperidine rings is 1. The molecule has 38 heavy (non-hydrogen) atoms. The second-order valence-electron chi connectivity index (χ2n) is 9.91. The first kappa shape index (κ1) is 29.1. The molecule has 2 aromatic rings. The lowest BCUT2D eigenvalue weighted by molar-refractivity contribution is -0.131. The molecule has 204 valence electrons. The van der Waals surface area contributed by atoms with Gasteiger partial charge in [0.15, 0.2) is 9.84 Å². The fraction of sp³-hybridized carbons (Fsp3) is 0.481. The van der Waals surface area contributed by atoms with Gasteiger partial charge in [-0.15, -0.1) is 0 Å². The molecule has 1 N–H and O–H groups in total. The summed E-state index contributed by atoms with van der Waals surface area (Å²) in [5.41, 5.74) is -0.138. The van der Waals surface area contributed by atoms with Crippen LogP contribution in [0, 0.1) is 17.2 Å². The second-order valence-corrected chi connectivity index (χ2v) is 13.4. The van der Waals surface area contributed by atoms with E-state index in [1.165, 1.54) is 18.2 Å². The number of nitrogens with zero attached hydrogens (tertiary/aromatic N) is 2. The van der Waals surface area contributed by atoms with Crippen molar-refractivity contribution in [2.45, 2.75) is 61.0 Å². The van der Waals surface area contributed by atoms with Gasteiger partial charge >= 0.3 is 0 Å². The van der Waals surface area contributed by atoms with Crippen LogP contribution < -0.4 is 5.32 Å². The highest BCUT2D eigenvalue weighted by Crippen LogP contribution is 2.39. The minimum absolute atomic E-state index is 0.0218. The number of nitriles is 1. The highest BCUT2D eigenvalue weighted by Gasteiger charge is 2.48. The van der Waals surface area contributed by atoms with Crippen LogP contribution >= 0.6 is 34.8 Å². The van der Waals surface area contributed by atoms with Crippen molar-refractivity contribution < 1.29 is 17.9 Å². The molecule has 0 spiro atoms. The highest BCUT2D eigenvalue weighted by molar-refractivity contribution is 7.92. The van der Waals surface area contributed by atoms with Crippen LogP contribution in [0.3, 0.4) is 0 Å². The van der Waals surface area contributed by atoms with Crippen LogP contribution in [0.5, 0.6) is 0 Å². The van der Waals surface area contributed by atoms with Crippen molar-refractivity contribution in [1.29, 1.82) is 5.26 Å². The van der Waals surface area contributed by atoms with Crippen molar-refractivity contribution in [3.8, 4) is 6.07 Å². The normalized spacial score (nSPS) is 23.6. The molecule has 1 saturated carbocycles. The number of halogens is 3. The molecular formula is C27H30Cl3N3O4S. The molecule has 7 nitrogen and oxygen atoms in total. The van der Waals surface area contributed by atoms with E-state index in [4.69, 9.17) is 39.5 Å². The average molecular weight is 599 g/mol. The monoisotopic (exact) mass is 597 g/mol. The molecule has 1 saturated heterocycles. The topological polar surface area (TPSA) is 99.5 Å². The fourth-order valence-electron chi connectivity index (χ4n) is 5.18. The summed E-state index contributed by atoms with van der Waals surface area (Å²) in [6.45, 7) is 4.54. The van der Waals surface area contributed by atoms with Crippen LogP contribution in [-0.2, 0) is 26.0 Å². The van der Waals surface area contributed by atoms with E-state index >= 15 is 0 Å². The second kappa shape index (κ2) is 12.1. The van der Waals surface area contributed by atoms with E-state index in [1.54, 1.807) is 12.1 Å². The van der Waals surface area contributed by atoms with Crippen LogP contribution in [-0.4, -0.2) is 55.8 Å². The lowest BCUT2D eigenvalue weighted by Gasteiger charge is -2.38. The smallest absolute Gasteiger partial charge is 0.227 e. The predicted molar refractivity (Wildman–Crippen MR) is 148 cm³/mol. The molecule has 11 heteroatoms. The number of carbonyl (C=O) groups excluding carboxylic acids is 1. The Labute approximate surface area is 238 Å². The van der Waals surface area contributed by atoms with E-state index in [1.807, 2.05) is 12.1 Å². The average Bonchev–Trinajstić information content (AvgIpc) is 3.34. The van der Waals surface area contributed by atoms with E-state index < -0.39 is 32.6 Å². The molecule has 0 bridgehead atoms. The molecule has 1 aliphatic heterocycles. The van der Waals surface area contributed by atoms with Gasteiger partial charge in [0.25, 0.3) is 0 Å². The van der Waals surface area contributed by atoms with Crippen LogP contribution in [0.15, 0.2) is 47.4 Å². The number of amides is 1. The Morgan fingerprint density at radius 3 is 2.37 bits per heavy atom. The zero-order chi connectivity index (χ0) is 27.5. The summed E-state index contributed by atoms with van der Waals surface area (Å²) < 4.78 is 33.3. The summed E-state index contributed by atoms with van der Waals surface area (Å²) in [6, 6.07) is 13.7. The molecular weight excluding hydrogens is 569 g/mol. The molecule has 1 amide bonds. The quantitative estimate of drug-likeness (QED) is 0.444. The number of likely N-dealkylation sites (tertiary alicyclic amines) is 1. The first-order valence-corrected chi connectivity index (χ1v) is 15.3. The van der Waals surface area contributed by atoms with Crippen molar-refractivity contribution in [3.05, 3.63) is 63.1 Å². The van der Waals surface area contributed by atoms with E-state index in [2.05, 4.69) is 23.2 Å². The number of sulfone groups is 1. The molecule has 2 aliphatic rings. The minimum atomic E-state index is -3.88. The zero-order valence-electron chi connectivity index (χ0n) is 21.0. The maximum absolute atomic E-state index is 13.6. The third-order valence-corrected chi connectivity index (χ3v) is 10.7. The molecule has 1 heterocycles. The molecule has 3 atom stereocenters. The lowest BCUT2D eigenvalue weighted by Crippen LogP contribution is -2.56. The van der Waals surface area contributed by atoms with E-state index in [-0.39, 0.29) is 35.3 Å². The number of ether oxygens (including phenoxy) is 1. The number of hydrogen-bond acceptors (Lipinski definition) is 6. The van der Waals surface area contributed by atoms with Gasteiger partial charge in [-0.25, -0.2) is 8.42 Å². The molecule has 1 aliphatic carbocycles. The lowest BCUT2D eigenvalue weighted by atomic mass is 9.88. The maximum Gasteiger partial charge on any atom is 0.227 e. The Bertz CT molecular complexity index is 1310. The predicted octanol–water partition coefficient (Wildman–Crippen LogP) is 5.28. The summed E-state index contributed by atoms with van der Waals surface area (Å²) >= 11 is 18.2.